The van der Waals surface area contributed by atoms with Gasteiger partial charge in [0.1, 0.15) is 6.54 Å². The molecule has 1 amide bonds. The number of nitrogens with zero attached hydrogens (tertiary/aromatic N) is 3. The van der Waals surface area contributed by atoms with Gasteiger partial charge in [-0.15, -0.1) is 0 Å². The van der Waals surface area contributed by atoms with E-state index in [9.17, 15) is 19.2 Å². The molecule has 0 aromatic carbocycles. The molecular weight excluding hydrogens is 340 g/mol. The number of aromatic nitrogens is 3. The van der Waals surface area contributed by atoms with Crippen molar-refractivity contribution >= 4 is 22.9 Å². The number of aromatic amines is 1. The molecule has 0 bridgehead atoms. The van der Waals surface area contributed by atoms with E-state index in [2.05, 4.69) is 9.97 Å². The van der Waals surface area contributed by atoms with Gasteiger partial charge in [0.15, 0.2) is 5.65 Å². The zero-order chi connectivity index (χ0) is 19.6. The fourth-order valence-corrected chi connectivity index (χ4v) is 2.71. The molecule has 0 saturated heterocycles. The fraction of sp³-hybridized carbons (Fsp3) is 0.471. The number of hydrogen-bond donors (Lipinski definition) is 2. The molecular formula is C17H22N4O5. The molecule has 2 rings (SSSR count). The van der Waals surface area contributed by atoms with Crippen molar-refractivity contribution in [1.82, 2.24) is 19.4 Å². The first-order valence-electron chi connectivity index (χ1n) is 8.40. The summed E-state index contributed by atoms with van der Waals surface area (Å²) in [7, 11) is 0. The molecule has 9 heteroatoms. The van der Waals surface area contributed by atoms with Crippen LogP contribution in [0.4, 0.5) is 0 Å². The zero-order valence-electron chi connectivity index (χ0n) is 15.2. The van der Waals surface area contributed by atoms with Crippen molar-refractivity contribution in [2.45, 2.75) is 40.2 Å². The first-order chi connectivity index (χ1) is 12.2. The summed E-state index contributed by atoms with van der Waals surface area (Å²) in [6.45, 7) is 7.07. The van der Waals surface area contributed by atoms with Crippen LogP contribution in [0.2, 0.25) is 0 Å². The van der Waals surface area contributed by atoms with Gasteiger partial charge < -0.3 is 10.0 Å². The third-order valence-corrected chi connectivity index (χ3v) is 4.10. The van der Waals surface area contributed by atoms with Crippen molar-refractivity contribution in [3.63, 3.8) is 0 Å². The van der Waals surface area contributed by atoms with Crippen LogP contribution in [-0.2, 0) is 11.3 Å². The molecule has 0 aliphatic rings. The van der Waals surface area contributed by atoms with Gasteiger partial charge in [-0.25, -0.2) is 9.78 Å². The van der Waals surface area contributed by atoms with Crippen LogP contribution >= 0.6 is 0 Å². The van der Waals surface area contributed by atoms with Crippen molar-refractivity contribution in [1.29, 1.82) is 0 Å². The van der Waals surface area contributed by atoms with Gasteiger partial charge in [0.2, 0.25) is 0 Å². The van der Waals surface area contributed by atoms with Crippen molar-refractivity contribution in [3.8, 4) is 0 Å². The number of carboxylic acid groups (broad SMARTS) is 1. The minimum absolute atomic E-state index is 0.00955. The summed E-state index contributed by atoms with van der Waals surface area (Å²) in [5.74, 6) is -1.79. The fourth-order valence-electron chi connectivity index (χ4n) is 2.71. The summed E-state index contributed by atoms with van der Waals surface area (Å²) in [5.41, 5.74) is -0.603. The Morgan fingerprint density at radius 1 is 1.31 bits per heavy atom. The van der Waals surface area contributed by atoms with E-state index in [1.54, 1.807) is 13.8 Å². The summed E-state index contributed by atoms with van der Waals surface area (Å²) in [4.78, 5) is 56.2. The Balaban J connectivity index is 2.87. The largest absolute Gasteiger partial charge is 0.480 e. The highest BCUT2D eigenvalue weighted by Crippen LogP contribution is 2.21. The highest BCUT2D eigenvalue weighted by Gasteiger charge is 2.24. The van der Waals surface area contributed by atoms with Gasteiger partial charge in [0.25, 0.3) is 11.5 Å². The second kappa shape index (κ2) is 7.51. The van der Waals surface area contributed by atoms with E-state index in [1.165, 1.54) is 10.6 Å². The number of carbonyl (C=O) groups is 2. The molecule has 9 nitrogen and oxygen atoms in total. The maximum atomic E-state index is 12.9. The maximum Gasteiger partial charge on any atom is 0.329 e. The summed E-state index contributed by atoms with van der Waals surface area (Å²) < 4.78 is 1.28. The molecule has 2 aromatic heterocycles. The Morgan fingerprint density at radius 2 is 1.96 bits per heavy atom. The Kier molecular flexibility index (Phi) is 5.59. The van der Waals surface area contributed by atoms with Crippen LogP contribution in [0.15, 0.2) is 15.7 Å². The quantitative estimate of drug-likeness (QED) is 0.782. The molecule has 0 saturated carbocycles. The summed E-state index contributed by atoms with van der Waals surface area (Å²) >= 11 is 0. The number of fused-ring (bicyclic) bond motifs is 1. The van der Waals surface area contributed by atoms with Crippen LogP contribution in [-0.4, -0.2) is 49.5 Å². The number of H-pyrrole nitrogens is 1. The van der Waals surface area contributed by atoms with Gasteiger partial charge in [-0.2, -0.15) is 0 Å². The molecule has 0 atom stereocenters. The van der Waals surface area contributed by atoms with E-state index in [0.717, 1.165) is 4.90 Å². The molecule has 2 N–H and O–H groups in total. The first-order valence-corrected chi connectivity index (χ1v) is 8.40. The number of aryl methyl sites for hydroxylation is 1. The normalized spacial score (nSPS) is 11.1. The van der Waals surface area contributed by atoms with Crippen molar-refractivity contribution in [2.75, 3.05) is 13.1 Å². The number of nitrogens with one attached hydrogen (secondary N) is 1. The van der Waals surface area contributed by atoms with E-state index in [4.69, 9.17) is 5.11 Å². The van der Waals surface area contributed by atoms with Gasteiger partial charge in [0, 0.05) is 18.8 Å². The molecule has 0 spiro atoms. The van der Waals surface area contributed by atoms with Crippen LogP contribution in [0.1, 0.15) is 49.7 Å². The SMILES string of the molecule is CCN(CC(=O)O)C(=O)c1cc(C(C)C)nc2c1c(=O)[nH]c(=O)n2CC. The Hall–Kier alpha value is -2.97. The summed E-state index contributed by atoms with van der Waals surface area (Å²) in [5, 5.41) is 9.01. The first kappa shape index (κ1) is 19.4. The van der Waals surface area contributed by atoms with Gasteiger partial charge in [-0.3, -0.25) is 23.9 Å². The summed E-state index contributed by atoms with van der Waals surface area (Å²) in [6.07, 6.45) is 0. The lowest BCUT2D eigenvalue weighted by Crippen LogP contribution is -2.37. The van der Waals surface area contributed by atoms with Gasteiger partial charge in [-0.05, 0) is 25.8 Å². The van der Waals surface area contributed by atoms with Crippen LogP contribution in [0.3, 0.4) is 0 Å². The second-order valence-electron chi connectivity index (χ2n) is 6.16. The minimum Gasteiger partial charge on any atom is -0.480 e. The monoisotopic (exact) mass is 362 g/mol. The average Bonchev–Trinajstić information content (AvgIpc) is 2.57. The van der Waals surface area contributed by atoms with Gasteiger partial charge in [0.05, 0.1) is 10.9 Å². The van der Waals surface area contributed by atoms with Gasteiger partial charge >= 0.3 is 11.7 Å². The molecule has 0 fully saturated rings. The number of pyridine rings is 1. The second-order valence-corrected chi connectivity index (χ2v) is 6.16. The molecule has 2 heterocycles. The number of aliphatic carboxylic acids is 1. The predicted molar refractivity (Wildman–Crippen MR) is 95.6 cm³/mol. The summed E-state index contributed by atoms with van der Waals surface area (Å²) in [6, 6.07) is 1.50. The average molecular weight is 362 g/mol. The molecule has 2 aromatic rings. The minimum atomic E-state index is -1.15. The number of rotatable bonds is 6. The number of carbonyl (C=O) groups excluding carboxylic acids is 1. The number of hydrogen-bond acceptors (Lipinski definition) is 5. The zero-order valence-corrected chi connectivity index (χ0v) is 15.2. The third kappa shape index (κ3) is 3.51. The molecule has 0 aliphatic carbocycles. The predicted octanol–water partition coefficient (Wildman–Crippen LogP) is 0.775. The van der Waals surface area contributed by atoms with E-state index in [0.29, 0.717) is 5.69 Å². The van der Waals surface area contributed by atoms with E-state index in [-0.39, 0.29) is 35.6 Å². The van der Waals surface area contributed by atoms with E-state index >= 15 is 0 Å². The Morgan fingerprint density at radius 3 is 2.46 bits per heavy atom. The van der Waals surface area contributed by atoms with Crippen LogP contribution in [0.25, 0.3) is 11.0 Å². The number of carboxylic acids is 1. The molecule has 0 unspecified atom stereocenters. The Bertz CT molecular complexity index is 974. The van der Waals surface area contributed by atoms with Crippen molar-refractivity contribution in [2.24, 2.45) is 0 Å². The number of likely N-dealkylation sites (N-methyl/N-ethyl adjacent to an activating group) is 1. The smallest absolute Gasteiger partial charge is 0.329 e. The lowest BCUT2D eigenvalue weighted by atomic mass is 10.0. The van der Waals surface area contributed by atoms with E-state index < -0.39 is 29.7 Å². The lowest BCUT2D eigenvalue weighted by Gasteiger charge is -2.20. The van der Waals surface area contributed by atoms with Crippen molar-refractivity contribution in [3.05, 3.63) is 38.2 Å². The molecule has 26 heavy (non-hydrogen) atoms. The third-order valence-electron chi connectivity index (χ3n) is 4.10. The Labute approximate surface area is 149 Å². The molecule has 0 aliphatic heterocycles. The van der Waals surface area contributed by atoms with E-state index in [1.807, 2.05) is 13.8 Å². The lowest BCUT2D eigenvalue weighted by molar-refractivity contribution is -0.137. The topological polar surface area (TPSA) is 125 Å². The molecule has 140 valence electrons. The van der Waals surface area contributed by atoms with Crippen molar-refractivity contribution < 1.29 is 14.7 Å². The maximum absolute atomic E-state index is 12.9. The standard InChI is InChI=1S/C17H22N4O5/c1-5-20(8-12(22)23)16(25)10-7-11(9(3)4)18-14-13(10)15(24)19-17(26)21(14)6-2/h7,9H,5-6,8H2,1-4H3,(H,22,23)(H,19,24,26). The van der Waals surface area contributed by atoms with Crippen LogP contribution in [0.5, 0.6) is 0 Å². The highest BCUT2D eigenvalue weighted by atomic mass is 16.4. The highest BCUT2D eigenvalue weighted by molar-refractivity contribution is 6.06. The molecule has 0 radical (unpaired) electrons. The van der Waals surface area contributed by atoms with Crippen LogP contribution < -0.4 is 11.2 Å². The van der Waals surface area contributed by atoms with Gasteiger partial charge in [-0.1, -0.05) is 13.8 Å². The van der Waals surface area contributed by atoms with Crippen LogP contribution in [0, 0.1) is 0 Å². The number of amides is 1.